The van der Waals surface area contributed by atoms with Crippen LogP contribution in [0.3, 0.4) is 0 Å². The Morgan fingerprint density at radius 1 is 1.06 bits per heavy atom. The Morgan fingerprint density at radius 2 is 1.83 bits per heavy atom. The Bertz CT molecular complexity index is 598. The van der Waals surface area contributed by atoms with Gasteiger partial charge in [-0.25, -0.2) is 4.39 Å². The summed E-state index contributed by atoms with van der Waals surface area (Å²) in [5.41, 5.74) is 0. The van der Waals surface area contributed by atoms with Gasteiger partial charge in [0.2, 0.25) is 12.5 Å². The second-order valence-corrected chi connectivity index (χ2v) is 3.68. The fraction of sp³-hybridized carbons (Fsp3) is 0.0769. The Labute approximate surface area is 102 Å². The van der Waals surface area contributed by atoms with Gasteiger partial charge in [-0.1, -0.05) is 12.1 Å². The predicted octanol–water partition coefficient (Wildman–Crippen LogP) is 3.05. The minimum atomic E-state index is -0.739. The third-order valence-corrected chi connectivity index (χ3v) is 2.53. The fourth-order valence-electron chi connectivity index (χ4n) is 1.68. The van der Waals surface area contributed by atoms with Gasteiger partial charge in [-0.15, -0.1) is 0 Å². The van der Waals surface area contributed by atoms with Crippen LogP contribution in [0, 0.1) is 5.82 Å². The van der Waals surface area contributed by atoms with Crippen molar-refractivity contribution in [2.45, 2.75) is 0 Å². The lowest BCUT2D eigenvalue weighted by Crippen LogP contribution is -1.94. The molecule has 0 aromatic heterocycles. The average molecular weight is 248 g/mol. The number of benzene rings is 2. The summed E-state index contributed by atoms with van der Waals surface area (Å²) in [7, 11) is 0. The van der Waals surface area contributed by atoms with Gasteiger partial charge in [-0.05, 0) is 24.3 Å². The zero-order chi connectivity index (χ0) is 12.5. The van der Waals surface area contributed by atoms with Crippen molar-refractivity contribution >= 4 is 0 Å². The monoisotopic (exact) mass is 248 g/mol. The molecule has 0 saturated heterocycles. The van der Waals surface area contributed by atoms with E-state index in [0.29, 0.717) is 17.2 Å². The molecule has 1 aliphatic heterocycles. The minimum Gasteiger partial charge on any atom is -0.502 e. The molecule has 0 atom stereocenters. The van der Waals surface area contributed by atoms with Crippen LogP contribution in [-0.2, 0) is 0 Å². The summed E-state index contributed by atoms with van der Waals surface area (Å²) < 4.78 is 29.0. The van der Waals surface area contributed by atoms with Crippen LogP contribution in [0.2, 0.25) is 0 Å². The number of hydrogen-bond acceptors (Lipinski definition) is 4. The number of fused-ring (bicyclic) bond motifs is 1. The van der Waals surface area contributed by atoms with Crippen LogP contribution in [0.5, 0.6) is 28.7 Å². The number of hydrogen-bond donors (Lipinski definition) is 1. The van der Waals surface area contributed by atoms with E-state index in [1.54, 1.807) is 18.2 Å². The van der Waals surface area contributed by atoms with Crippen LogP contribution in [0.15, 0.2) is 36.4 Å². The molecule has 18 heavy (non-hydrogen) atoms. The fourth-order valence-corrected chi connectivity index (χ4v) is 1.68. The van der Waals surface area contributed by atoms with Gasteiger partial charge in [-0.2, -0.15) is 0 Å². The largest absolute Gasteiger partial charge is 0.502 e. The quantitative estimate of drug-likeness (QED) is 0.887. The van der Waals surface area contributed by atoms with E-state index in [4.69, 9.17) is 14.2 Å². The van der Waals surface area contributed by atoms with Crippen LogP contribution >= 0.6 is 0 Å². The first kappa shape index (κ1) is 10.7. The van der Waals surface area contributed by atoms with Crippen molar-refractivity contribution in [3.8, 4) is 28.7 Å². The number of phenolic OH excluding ortho intramolecular Hbond substituents is 1. The van der Waals surface area contributed by atoms with Gasteiger partial charge < -0.3 is 19.3 Å². The molecule has 3 rings (SSSR count). The van der Waals surface area contributed by atoms with Crippen LogP contribution in [0.25, 0.3) is 0 Å². The first-order valence-corrected chi connectivity index (χ1v) is 5.29. The van der Waals surface area contributed by atoms with Crippen molar-refractivity contribution in [3.05, 3.63) is 42.2 Å². The van der Waals surface area contributed by atoms with Crippen molar-refractivity contribution in [2.24, 2.45) is 0 Å². The number of para-hydroxylation sites is 2. The molecule has 5 heteroatoms. The molecular formula is C13H9FO4. The van der Waals surface area contributed by atoms with E-state index in [9.17, 15) is 9.50 Å². The molecule has 0 fully saturated rings. The lowest BCUT2D eigenvalue weighted by atomic mass is 10.3. The smallest absolute Gasteiger partial charge is 0.231 e. The molecule has 0 radical (unpaired) electrons. The van der Waals surface area contributed by atoms with E-state index in [1.807, 2.05) is 0 Å². The molecule has 0 saturated carbocycles. The Balaban J connectivity index is 1.98. The van der Waals surface area contributed by atoms with Gasteiger partial charge >= 0.3 is 0 Å². The van der Waals surface area contributed by atoms with Gasteiger partial charge in [0.1, 0.15) is 0 Å². The summed E-state index contributed by atoms with van der Waals surface area (Å²) in [6.07, 6.45) is 0. The maximum absolute atomic E-state index is 13.2. The summed E-state index contributed by atoms with van der Waals surface area (Å²) in [5, 5.41) is 9.54. The van der Waals surface area contributed by atoms with E-state index in [1.165, 1.54) is 12.1 Å². The molecule has 0 aliphatic carbocycles. The number of phenols is 1. The molecule has 1 N–H and O–H groups in total. The Morgan fingerprint density at radius 3 is 2.72 bits per heavy atom. The van der Waals surface area contributed by atoms with E-state index in [0.717, 1.165) is 6.07 Å². The standard InChI is InChI=1S/C13H9FO4/c14-8-3-1-4-9(12(8)15)18-11-6-2-5-10-13(11)17-7-16-10/h1-6,15H,7H2. The number of rotatable bonds is 2. The second kappa shape index (κ2) is 4.10. The normalized spacial score (nSPS) is 12.5. The molecule has 1 heterocycles. The topological polar surface area (TPSA) is 47.9 Å². The molecule has 0 spiro atoms. The zero-order valence-corrected chi connectivity index (χ0v) is 9.22. The van der Waals surface area contributed by atoms with Crippen molar-refractivity contribution < 1.29 is 23.7 Å². The van der Waals surface area contributed by atoms with Crippen molar-refractivity contribution in [1.29, 1.82) is 0 Å². The molecular weight excluding hydrogens is 239 g/mol. The van der Waals surface area contributed by atoms with Crippen molar-refractivity contribution in [3.63, 3.8) is 0 Å². The lowest BCUT2D eigenvalue weighted by molar-refractivity contribution is 0.171. The van der Waals surface area contributed by atoms with Crippen LogP contribution < -0.4 is 14.2 Å². The number of halogens is 1. The summed E-state index contributed by atoms with van der Waals surface area (Å²) >= 11 is 0. The third-order valence-electron chi connectivity index (χ3n) is 2.53. The third kappa shape index (κ3) is 1.69. The zero-order valence-electron chi connectivity index (χ0n) is 9.22. The van der Waals surface area contributed by atoms with Crippen molar-refractivity contribution in [2.75, 3.05) is 6.79 Å². The summed E-state index contributed by atoms with van der Waals surface area (Å²) in [6, 6.07) is 9.17. The minimum absolute atomic E-state index is 0.0268. The molecule has 1 aliphatic rings. The van der Waals surface area contributed by atoms with Gasteiger partial charge in [0, 0.05) is 0 Å². The Hall–Kier alpha value is -2.43. The molecule has 0 bridgehead atoms. The summed E-state index contributed by atoms with van der Waals surface area (Å²) in [4.78, 5) is 0. The summed E-state index contributed by atoms with van der Waals surface area (Å²) in [5.74, 6) is 0.126. The van der Waals surface area contributed by atoms with Crippen LogP contribution in [0.4, 0.5) is 4.39 Å². The molecule has 2 aromatic rings. The van der Waals surface area contributed by atoms with E-state index in [-0.39, 0.29) is 12.5 Å². The van der Waals surface area contributed by atoms with Crippen LogP contribution in [-0.4, -0.2) is 11.9 Å². The SMILES string of the molecule is Oc1c(F)cccc1Oc1cccc2c1OCO2. The molecule has 0 unspecified atom stereocenters. The Kier molecular flexibility index (Phi) is 2.44. The van der Waals surface area contributed by atoms with Gasteiger partial charge in [0.05, 0.1) is 0 Å². The average Bonchev–Trinajstić information content (AvgIpc) is 2.84. The summed E-state index contributed by atoms with van der Waals surface area (Å²) in [6.45, 7) is 0.116. The van der Waals surface area contributed by atoms with Gasteiger partial charge in [0.25, 0.3) is 0 Å². The molecule has 2 aromatic carbocycles. The first-order valence-electron chi connectivity index (χ1n) is 5.29. The highest BCUT2D eigenvalue weighted by molar-refractivity contribution is 5.55. The van der Waals surface area contributed by atoms with E-state index in [2.05, 4.69) is 0 Å². The first-order chi connectivity index (χ1) is 8.75. The number of aromatic hydroxyl groups is 1. The highest BCUT2D eigenvalue weighted by atomic mass is 19.1. The van der Waals surface area contributed by atoms with E-state index >= 15 is 0 Å². The predicted molar refractivity (Wildman–Crippen MR) is 60.7 cm³/mol. The highest BCUT2D eigenvalue weighted by Crippen LogP contribution is 2.44. The van der Waals surface area contributed by atoms with Crippen molar-refractivity contribution in [1.82, 2.24) is 0 Å². The molecule has 92 valence electrons. The maximum atomic E-state index is 13.2. The van der Waals surface area contributed by atoms with E-state index < -0.39 is 11.6 Å². The second-order valence-electron chi connectivity index (χ2n) is 3.68. The highest BCUT2D eigenvalue weighted by Gasteiger charge is 2.20. The number of ether oxygens (including phenoxy) is 3. The lowest BCUT2D eigenvalue weighted by Gasteiger charge is -2.09. The maximum Gasteiger partial charge on any atom is 0.231 e. The molecule has 4 nitrogen and oxygen atoms in total. The van der Waals surface area contributed by atoms with Crippen LogP contribution in [0.1, 0.15) is 0 Å². The molecule has 0 amide bonds. The van der Waals surface area contributed by atoms with Gasteiger partial charge in [0.15, 0.2) is 28.8 Å². The van der Waals surface area contributed by atoms with Gasteiger partial charge in [-0.3, -0.25) is 0 Å².